The summed E-state index contributed by atoms with van der Waals surface area (Å²) in [5.74, 6) is -0.979. The Hall–Kier alpha value is -2.03. The first-order chi connectivity index (χ1) is 8.82. The molecule has 0 aromatic carbocycles. The molecule has 0 radical (unpaired) electrons. The number of aryl methyl sites for hydroxylation is 1. The van der Waals surface area contributed by atoms with Crippen LogP contribution in [0.15, 0.2) is 14.7 Å². The number of aliphatic carboxylic acids is 1. The Morgan fingerprint density at radius 2 is 2.00 bits per heavy atom. The summed E-state index contributed by atoms with van der Waals surface area (Å²) in [7, 11) is 2.87. The maximum absolute atomic E-state index is 11.9. The number of aromatic amines is 1. The maximum atomic E-state index is 11.9. The summed E-state index contributed by atoms with van der Waals surface area (Å²) in [5, 5.41) is 8.42. The number of nitrogens with one attached hydrogen (secondary N) is 1. The first-order valence-electron chi connectivity index (χ1n) is 5.38. The molecule has 2 aromatic rings. The van der Waals surface area contributed by atoms with Crippen molar-refractivity contribution >= 4 is 28.9 Å². The van der Waals surface area contributed by atoms with Crippen LogP contribution >= 0.6 is 11.8 Å². The summed E-state index contributed by atoms with van der Waals surface area (Å²) in [6.45, 7) is 1.51. The van der Waals surface area contributed by atoms with E-state index >= 15 is 0 Å². The predicted octanol–water partition coefficient (Wildman–Crippen LogP) is -0.475. The van der Waals surface area contributed by atoms with Gasteiger partial charge in [-0.05, 0) is 6.92 Å². The number of fused-ring (bicyclic) bond motifs is 1. The van der Waals surface area contributed by atoms with Gasteiger partial charge in [0, 0.05) is 14.1 Å². The minimum absolute atomic E-state index is 0.185. The predicted molar refractivity (Wildman–Crippen MR) is 69.5 cm³/mol. The van der Waals surface area contributed by atoms with Gasteiger partial charge in [0.15, 0.2) is 16.3 Å². The van der Waals surface area contributed by atoms with Gasteiger partial charge in [0.2, 0.25) is 0 Å². The van der Waals surface area contributed by atoms with Crippen molar-refractivity contribution in [3.8, 4) is 0 Å². The lowest BCUT2D eigenvalue weighted by Crippen LogP contribution is -2.36. The highest BCUT2D eigenvalue weighted by atomic mass is 32.2. The van der Waals surface area contributed by atoms with Crippen LogP contribution in [0.5, 0.6) is 0 Å². The van der Waals surface area contributed by atoms with Crippen LogP contribution in [0.2, 0.25) is 0 Å². The summed E-state index contributed by atoms with van der Waals surface area (Å²) in [5.41, 5.74) is -0.565. The van der Waals surface area contributed by atoms with Crippen LogP contribution in [0, 0.1) is 0 Å². The van der Waals surface area contributed by atoms with Gasteiger partial charge in [0.25, 0.3) is 5.56 Å². The number of carboxylic acids is 1. The number of rotatable bonds is 3. The van der Waals surface area contributed by atoms with Crippen LogP contribution in [0.1, 0.15) is 6.92 Å². The number of nitrogens with zero attached hydrogens (tertiary/aromatic N) is 3. The van der Waals surface area contributed by atoms with E-state index in [1.54, 1.807) is 0 Å². The van der Waals surface area contributed by atoms with Gasteiger partial charge in [-0.1, -0.05) is 11.8 Å². The van der Waals surface area contributed by atoms with Gasteiger partial charge < -0.3 is 10.1 Å². The molecule has 0 aliphatic rings. The molecule has 0 fully saturated rings. The van der Waals surface area contributed by atoms with E-state index in [0.717, 1.165) is 16.3 Å². The Labute approximate surface area is 111 Å². The number of imidazole rings is 1. The van der Waals surface area contributed by atoms with Crippen molar-refractivity contribution in [2.24, 2.45) is 14.1 Å². The Morgan fingerprint density at radius 3 is 2.58 bits per heavy atom. The highest BCUT2D eigenvalue weighted by Crippen LogP contribution is 2.21. The molecule has 1 unspecified atom stereocenters. The highest BCUT2D eigenvalue weighted by Gasteiger charge is 2.18. The minimum atomic E-state index is -0.979. The molecule has 0 saturated heterocycles. The van der Waals surface area contributed by atoms with Crippen molar-refractivity contribution in [1.82, 2.24) is 19.1 Å². The number of thioether (sulfide) groups is 1. The molecule has 0 aliphatic carbocycles. The van der Waals surface area contributed by atoms with Crippen molar-refractivity contribution in [3.05, 3.63) is 20.8 Å². The fraction of sp³-hybridized carbons (Fsp3) is 0.400. The maximum Gasteiger partial charge on any atom is 0.332 e. The van der Waals surface area contributed by atoms with Gasteiger partial charge in [0.05, 0.1) is 0 Å². The third-order valence-electron chi connectivity index (χ3n) is 2.71. The van der Waals surface area contributed by atoms with Gasteiger partial charge in [-0.15, -0.1) is 0 Å². The first-order valence-corrected chi connectivity index (χ1v) is 6.26. The number of aromatic nitrogens is 4. The second-order valence-corrected chi connectivity index (χ2v) is 5.37. The van der Waals surface area contributed by atoms with E-state index in [1.165, 1.54) is 25.6 Å². The molecule has 0 amide bonds. The van der Waals surface area contributed by atoms with Crippen molar-refractivity contribution in [3.63, 3.8) is 0 Å². The normalized spacial score (nSPS) is 12.8. The second kappa shape index (κ2) is 4.57. The standard InChI is InChI=1S/C10H12N4O4S/c1-4(8(16)17)19-9-11-5-6(12-9)13(2)10(18)14(3)7(5)15/h4H,1-3H3,(H,11,12)(H,16,17). The van der Waals surface area contributed by atoms with Gasteiger partial charge >= 0.3 is 11.7 Å². The fourth-order valence-electron chi connectivity index (χ4n) is 1.58. The molecule has 2 N–H and O–H groups in total. The zero-order valence-corrected chi connectivity index (χ0v) is 11.3. The van der Waals surface area contributed by atoms with Crippen molar-refractivity contribution in [2.45, 2.75) is 17.3 Å². The number of hydrogen-bond donors (Lipinski definition) is 2. The number of carboxylic acid groups (broad SMARTS) is 1. The van der Waals surface area contributed by atoms with E-state index in [0.29, 0.717) is 5.16 Å². The SMILES string of the molecule is CC(Sc1nc2c([nH]1)c(=O)n(C)c(=O)n2C)C(=O)O. The third kappa shape index (κ3) is 2.16. The molecule has 1 atom stereocenters. The molecule has 2 aromatic heterocycles. The summed E-state index contributed by atoms with van der Waals surface area (Å²) in [4.78, 5) is 41.2. The molecule has 2 rings (SSSR count). The second-order valence-electron chi connectivity index (χ2n) is 4.04. The van der Waals surface area contributed by atoms with E-state index in [2.05, 4.69) is 9.97 Å². The lowest BCUT2D eigenvalue weighted by molar-refractivity contribution is -0.136. The van der Waals surface area contributed by atoms with E-state index in [-0.39, 0.29) is 11.2 Å². The van der Waals surface area contributed by atoms with Crippen LogP contribution in [0.4, 0.5) is 0 Å². The van der Waals surface area contributed by atoms with Gasteiger partial charge in [-0.25, -0.2) is 9.78 Å². The molecular formula is C10H12N4O4S. The fourth-order valence-corrected chi connectivity index (χ4v) is 2.31. The monoisotopic (exact) mass is 284 g/mol. The number of hydrogen-bond acceptors (Lipinski definition) is 5. The molecule has 0 spiro atoms. The molecular weight excluding hydrogens is 272 g/mol. The van der Waals surface area contributed by atoms with E-state index in [9.17, 15) is 14.4 Å². The quantitative estimate of drug-likeness (QED) is 0.737. The Morgan fingerprint density at radius 1 is 1.37 bits per heavy atom. The molecule has 0 bridgehead atoms. The molecule has 0 aliphatic heterocycles. The van der Waals surface area contributed by atoms with Crippen molar-refractivity contribution in [2.75, 3.05) is 0 Å². The van der Waals surface area contributed by atoms with E-state index in [4.69, 9.17) is 5.11 Å². The lowest BCUT2D eigenvalue weighted by atomic mass is 10.5. The van der Waals surface area contributed by atoms with Crippen LogP contribution < -0.4 is 11.2 Å². The summed E-state index contributed by atoms with van der Waals surface area (Å²) in [6, 6.07) is 0. The number of carbonyl (C=O) groups is 1. The molecule has 8 nitrogen and oxygen atoms in total. The Balaban J connectivity index is 2.62. The summed E-state index contributed by atoms with van der Waals surface area (Å²) < 4.78 is 2.21. The minimum Gasteiger partial charge on any atom is -0.480 e. The van der Waals surface area contributed by atoms with Crippen LogP contribution in [-0.4, -0.2) is 35.4 Å². The zero-order chi connectivity index (χ0) is 14.3. The average Bonchev–Trinajstić information content (AvgIpc) is 2.77. The molecule has 102 valence electrons. The Bertz CT molecular complexity index is 772. The van der Waals surface area contributed by atoms with Crippen LogP contribution in [-0.2, 0) is 18.9 Å². The van der Waals surface area contributed by atoms with Gasteiger partial charge in [0.1, 0.15) is 5.25 Å². The summed E-state index contributed by atoms with van der Waals surface area (Å²) >= 11 is 0.977. The number of H-pyrrole nitrogens is 1. The largest absolute Gasteiger partial charge is 0.480 e. The zero-order valence-electron chi connectivity index (χ0n) is 10.5. The van der Waals surface area contributed by atoms with Crippen LogP contribution in [0.3, 0.4) is 0 Å². The van der Waals surface area contributed by atoms with E-state index in [1.807, 2.05) is 0 Å². The topological polar surface area (TPSA) is 110 Å². The lowest BCUT2D eigenvalue weighted by Gasteiger charge is -2.01. The average molecular weight is 284 g/mol. The van der Waals surface area contributed by atoms with E-state index < -0.39 is 22.5 Å². The highest BCUT2D eigenvalue weighted by molar-refractivity contribution is 8.00. The Kier molecular flexibility index (Phi) is 3.23. The third-order valence-corrected chi connectivity index (χ3v) is 3.68. The van der Waals surface area contributed by atoms with Crippen molar-refractivity contribution in [1.29, 1.82) is 0 Å². The van der Waals surface area contributed by atoms with Gasteiger partial charge in [-0.2, -0.15) is 0 Å². The molecule has 2 heterocycles. The van der Waals surface area contributed by atoms with Gasteiger partial charge in [-0.3, -0.25) is 18.7 Å². The molecule has 0 saturated carbocycles. The first kappa shape index (κ1) is 13.4. The van der Waals surface area contributed by atoms with Crippen molar-refractivity contribution < 1.29 is 9.90 Å². The smallest absolute Gasteiger partial charge is 0.332 e. The molecule has 9 heteroatoms. The summed E-state index contributed by atoms with van der Waals surface area (Å²) in [6.07, 6.45) is 0. The van der Waals surface area contributed by atoms with Crippen LogP contribution in [0.25, 0.3) is 11.2 Å². The molecule has 19 heavy (non-hydrogen) atoms.